The molecule has 0 aliphatic rings. The van der Waals surface area contributed by atoms with Crippen LogP contribution in [-0.2, 0) is 11.4 Å². The van der Waals surface area contributed by atoms with Crippen LogP contribution < -0.4 is 10.1 Å². The van der Waals surface area contributed by atoms with Crippen molar-refractivity contribution in [3.05, 3.63) is 59.9 Å². The van der Waals surface area contributed by atoms with E-state index < -0.39 is 17.9 Å². The predicted octanol–water partition coefficient (Wildman–Crippen LogP) is 2.50. The van der Waals surface area contributed by atoms with E-state index in [1.807, 2.05) is 12.1 Å². The standard InChI is InChI=1S/C18H20N2O4/c1-12(2)16(18(22)23)20-17(21)14-6-3-7-15(9-14)24-11-13-5-4-8-19-10-13/h3-10,12,16H,11H2,1-2H3,(H,20,21)(H,22,23). The number of aliphatic carboxylic acids is 1. The number of carbonyl (C=O) groups excluding carboxylic acids is 1. The van der Waals surface area contributed by atoms with Crippen molar-refractivity contribution in [3.8, 4) is 5.75 Å². The molecule has 2 aromatic rings. The van der Waals surface area contributed by atoms with Gasteiger partial charge in [-0.05, 0) is 30.2 Å². The molecule has 1 aromatic heterocycles. The molecule has 1 atom stereocenters. The van der Waals surface area contributed by atoms with Crippen LogP contribution in [0.5, 0.6) is 5.75 Å². The second-order valence-electron chi connectivity index (χ2n) is 5.71. The number of hydrogen-bond acceptors (Lipinski definition) is 4. The van der Waals surface area contributed by atoms with Crippen molar-refractivity contribution >= 4 is 11.9 Å². The summed E-state index contributed by atoms with van der Waals surface area (Å²) in [4.78, 5) is 27.4. The second kappa shape index (κ2) is 8.10. The fraction of sp³-hybridized carbons (Fsp3) is 0.278. The largest absolute Gasteiger partial charge is 0.489 e. The molecule has 1 heterocycles. The zero-order chi connectivity index (χ0) is 17.5. The maximum Gasteiger partial charge on any atom is 0.326 e. The van der Waals surface area contributed by atoms with Gasteiger partial charge < -0.3 is 15.2 Å². The molecule has 1 unspecified atom stereocenters. The smallest absolute Gasteiger partial charge is 0.326 e. The van der Waals surface area contributed by atoms with Gasteiger partial charge in [0.15, 0.2) is 0 Å². The number of aromatic nitrogens is 1. The number of amides is 1. The predicted molar refractivity (Wildman–Crippen MR) is 88.7 cm³/mol. The van der Waals surface area contributed by atoms with E-state index in [-0.39, 0.29) is 5.92 Å². The van der Waals surface area contributed by atoms with Gasteiger partial charge >= 0.3 is 5.97 Å². The third kappa shape index (κ3) is 4.81. The van der Waals surface area contributed by atoms with Crippen LogP contribution in [0.1, 0.15) is 29.8 Å². The Kier molecular flexibility index (Phi) is 5.89. The lowest BCUT2D eigenvalue weighted by atomic mass is 10.0. The number of nitrogens with one attached hydrogen (secondary N) is 1. The minimum Gasteiger partial charge on any atom is -0.489 e. The molecule has 0 fully saturated rings. The molecule has 1 amide bonds. The van der Waals surface area contributed by atoms with Gasteiger partial charge in [0.1, 0.15) is 18.4 Å². The Bertz CT molecular complexity index is 701. The van der Waals surface area contributed by atoms with Crippen molar-refractivity contribution in [2.24, 2.45) is 5.92 Å². The molecule has 0 radical (unpaired) electrons. The minimum absolute atomic E-state index is 0.212. The molecular weight excluding hydrogens is 308 g/mol. The SMILES string of the molecule is CC(C)C(NC(=O)c1cccc(OCc2cccnc2)c1)C(=O)O. The number of nitrogens with zero attached hydrogens (tertiary/aromatic N) is 1. The van der Waals surface area contributed by atoms with Gasteiger partial charge in [0.05, 0.1) is 0 Å². The fourth-order valence-electron chi connectivity index (χ4n) is 2.12. The maximum absolute atomic E-state index is 12.3. The first-order valence-corrected chi connectivity index (χ1v) is 7.63. The third-order valence-electron chi connectivity index (χ3n) is 3.44. The highest BCUT2D eigenvalue weighted by Gasteiger charge is 2.24. The highest BCUT2D eigenvalue weighted by Crippen LogP contribution is 2.15. The molecule has 2 N–H and O–H groups in total. The zero-order valence-corrected chi connectivity index (χ0v) is 13.6. The molecule has 24 heavy (non-hydrogen) atoms. The number of carboxylic acid groups (broad SMARTS) is 1. The summed E-state index contributed by atoms with van der Waals surface area (Å²) in [6, 6.07) is 9.42. The Labute approximate surface area is 140 Å². The van der Waals surface area contributed by atoms with Crippen LogP contribution in [-0.4, -0.2) is 28.0 Å². The van der Waals surface area contributed by atoms with Crippen molar-refractivity contribution in [1.29, 1.82) is 0 Å². The van der Waals surface area contributed by atoms with Crippen molar-refractivity contribution in [2.75, 3.05) is 0 Å². The van der Waals surface area contributed by atoms with Crippen LogP contribution in [0.2, 0.25) is 0 Å². The summed E-state index contributed by atoms with van der Waals surface area (Å²) in [7, 11) is 0. The van der Waals surface area contributed by atoms with Crippen molar-refractivity contribution < 1.29 is 19.4 Å². The molecule has 1 aromatic carbocycles. The number of rotatable bonds is 7. The Morgan fingerprint density at radius 2 is 2.04 bits per heavy atom. The van der Waals surface area contributed by atoms with Crippen LogP contribution in [0.4, 0.5) is 0 Å². The van der Waals surface area contributed by atoms with Crippen molar-refractivity contribution in [3.63, 3.8) is 0 Å². The van der Waals surface area contributed by atoms with Gasteiger partial charge in [-0.1, -0.05) is 26.0 Å². The van der Waals surface area contributed by atoms with Gasteiger partial charge in [0, 0.05) is 23.5 Å². The lowest BCUT2D eigenvalue weighted by Crippen LogP contribution is -2.44. The lowest BCUT2D eigenvalue weighted by molar-refractivity contribution is -0.140. The van der Waals surface area contributed by atoms with E-state index in [1.54, 1.807) is 50.5 Å². The topological polar surface area (TPSA) is 88.5 Å². The van der Waals surface area contributed by atoms with Crippen LogP contribution in [0.25, 0.3) is 0 Å². The van der Waals surface area contributed by atoms with Gasteiger partial charge in [0.2, 0.25) is 0 Å². The van der Waals surface area contributed by atoms with Crippen molar-refractivity contribution in [2.45, 2.75) is 26.5 Å². The maximum atomic E-state index is 12.3. The quantitative estimate of drug-likeness (QED) is 0.815. The molecule has 0 saturated heterocycles. The summed E-state index contributed by atoms with van der Waals surface area (Å²) >= 11 is 0. The molecule has 0 bridgehead atoms. The Morgan fingerprint density at radius 1 is 1.25 bits per heavy atom. The van der Waals surface area contributed by atoms with Crippen LogP contribution in [0.3, 0.4) is 0 Å². The summed E-state index contributed by atoms with van der Waals surface area (Å²) in [5.41, 5.74) is 1.27. The highest BCUT2D eigenvalue weighted by molar-refractivity contribution is 5.96. The molecule has 0 saturated carbocycles. The van der Waals surface area contributed by atoms with Crippen LogP contribution in [0.15, 0.2) is 48.8 Å². The summed E-state index contributed by atoms with van der Waals surface area (Å²) in [5, 5.41) is 11.7. The van der Waals surface area contributed by atoms with E-state index >= 15 is 0 Å². The number of pyridine rings is 1. The zero-order valence-electron chi connectivity index (χ0n) is 13.6. The lowest BCUT2D eigenvalue weighted by Gasteiger charge is -2.18. The van der Waals surface area contributed by atoms with E-state index in [0.29, 0.717) is 17.9 Å². The average molecular weight is 328 g/mol. The third-order valence-corrected chi connectivity index (χ3v) is 3.44. The molecule has 0 aliphatic heterocycles. The Hall–Kier alpha value is -2.89. The number of carboxylic acids is 1. The first-order valence-electron chi connectivity index (χ1n) is 7.63. The first kappa shape index (κ1) is 17.5. The van der Waals surface area contributed by atoms with Gasteiger partial charge in [0.25, 0.3) is 5.91 Å². The van der Waals surface area contributed by atoms with Gasteiger partial charge in [-0.15, -0.1) is 0 Å². The molecule has 6 nitrogen and oxygen atoms in total. The molecule has 0 spiro atoms. The van der Waals surface area contributed by atoms with E-state index in [4.69, 9.17) is 9.84 Å². The number of carbonyl (C=O) groups is 2. The molecular formula is C18H20N2O4. The minimum atomic E-state index is -1.05. The summed E-state index contributed by atoms with van der Waals surface area (Å²) in [6.45, 7) is 3.82. The molecule has 2 rings (SSSR count). The summed E-state index contributed by atoms with van der Waals surface area (Å²) in [6.07, 6.45) is 3.39. The number of benzene rings is 1. The first-order chi connectivity index (χ1) is 11.5. The second-order valence-corrected chi connectivity index (χ2v) is 5.71. The molecule has 0 aliphatic carbocycles. The normalized spacial score (nSPS) is 11.8. The van der Waals surface area contributed by atoms with Gasteiger partial charge in [-0.2, -0.15) is 0 Å². The Balaban J connectivity index is 2.03. The highest BCUT2D eigenvalue weighted by atomic mass is 16.5. The molecule has 126 valence electrons. The average Bonchev–Trinajstić information content (AvgIpc) is 2.58. The van der Waals surface area contributed by atoms with E-state index in [1.165, 1.54) is 0 Å². The van der Waals surface area contributed by atoms with Crippen LogP contribution in [0, 0.1) is 5.92 Å². The number of ether oxygens (including phenoxy) is 1. The monoisotopic (exact) mass is 328 g/mol. The van der Waals surface area contributed by atoms with Crippen LogP contribution >= 0.6 is 0 Å². The van der Waals surface area contributed by atoms with E-state index in [9.17, 15) is 9.59 Å². The van der Waals surface area contributed by atoms with Crippen molar-refractivity contribution in [1.82, 2.24) is 10.3 Å². The Morgan fingerprint density at radius 3 is 2.67 bits per heavy atom. The van der Waals surface area contributed by atoms with Gasteiger partial charge in [-0.25, -0.2) is 4.79 Å². The number of hydrogen-bond donors (Lipinski definition) is 2. The summed E-state index contributed by atoms with van der Waals surface area (Å²) < 4.78 is 5.65. The van der Waals surface area contributed by atoms with E-state index in [0.717, 1.165) is 5.56 Å². The molecule has 6 heteroatoms. The summed E-state index contributed by atoms with van der Waals surface area (Å²) in [5.74, 6) is -1.18. The fourth-order valence-corrected chi connectivity index (χ4v) is 2.12. The van der Waals surface area contributed by atoms with Gasteiger partial charge in [-0.3, -0.25) is 9.78 Å². The van der Waals surface area contributed by atoms with E-state index in [2.05, 4.69) is 10.3 Å².